The van der Waals surface area contributed by atoms with Crippen LogP contribution in [-0.4, -0.2) is 133 Å². The van der Waals surface area contributed by atoms with Crippen molar-refractivity contribution in [3.63, 3.8) is 0 Å². The van der Waals surface area contributed by atoms with E-state index in [1.807, 2.05) is 0 Å². The van der Waals surface area contributed by atoms with Crippen LogP contribution in [0.25, 0.3) is 43.5 Å². The largest absolute Gasteiger partial charge is 0.506 e. The zero-order valence-electron chi connectivity index (χ0n) is 30.9. The molecule has 0 bridgehead atoms. The van der Waals surface area contributed by atoms with Crippen LogP contribution in [0.1, 0.15) is 26.3 Å². The number of rotatable bonds is 8. The van der Waals surface area contributed by atoms with Crippen LogP contribution >= 0.6 is 0 Å². The first-order valence-electron chi connectivity index (χ1n) is 17.4. The van der Waals surface area contributed by atoms with Gasteiger partial charge in [-0.05, 0) is 45.4 Å². The molecular weight excluding hydrogens is 762 g/mol. The molecule has 4 heterocycles. The fourth-order valence-electron chi connectivity index (χ4n) is 7.23. The monoisotopic (exact) mass is 803 g/mol. The molecule has 2 unspecified atom stereocenters. The van der Waals surface area contributed by atoms with E-state index in [4.69, 9.17) is 58.7 Å². The number of aliphatic hydroxyl groups is 5. The smallest absolute Gasteiger partial charge is 0.348 e. The minimum Gasteiger partial charge on any atom is -0.506 e. The second-order valence-electron chi connectivity index (χ2n) is 14.1. The summed E-state index contributed by atoms with van der Waals surface area (Å²) in [4.78, 5) is 46.1. The van der Waals surface area contributed by atoms with Crippen LogP contribution in [0.5, 0.6) is 11.5 Å². The van der Waals surface area contributed by atoms with Gasteiger partial charge >= 0.3 is 23.2 Å². The minimum atomic E-state index is -2.27. The van der Waals surface area contributed by atoms with Crippen molar-refractivity contribution >= 4 is 55.4 Å². The number of carboxylic acid groups (broad SMARTS) is 2. The molecule has 2 saturated heterocycles. The Morgan fingerprint density at radius 1 is 0.860 bits per heavy atom. The number of phenolic OH excluding ortho intramolecular Hbond substituents is 1. The van der Waals surface area contributed by atoms with Gasteiger partial charge in [0, 0.05) is 23.3 Å². The lowest BCUT2D eigenvalue weighted by Crippen LogP contribution is -2.69. The van der Waals surface area contributed by atoms with Gasteiger partial charge in [0.15, 0.2) is 30.2 Å². The quantitative estimate of drug-likeness (QED) is 0.0547. The summed E-state index contributed by atoms with van der Waals surface area (Å²) in [5, 5.41) is 77.8. The SMILES string of the molecule is CO[C@@H]1[C@@H](N)[C@@H](O[C@H]2[C@H](Oc3cccc4c(O)c5c(=O)oc6ccc(C)c7c(=O)oc(c34)c5c67)O[C@H](C)[C@H](O)[C@]2(C)O)O[C@H](C)[C@@H]1O.O=C(O)C(O)C(O)C(=O)O. The van der Waals surface area contributed by atoms with E-state index in [1.54, 1.807) is 32.0 Å². The van der Waals surface area contributed by atoms with E-state index < -0.39 is 102 Å². The van der Waals surface area contributed by atoms with E-state index in [0.29, 0.717) is 10.9 Å². The second kappa shape index (κ2) is 15.4. The summed E-state index contributed by atoms with van der Waals surface area (Å²) in [6, 6.07) is 6.77. The molecule has 20 heteroatoms. The van der Waals surface area contributed by atoms with Crippen molar-refractivity contribution in [1.29, 1.82) is 0 Å². The van der Waals surface area contributed by atoms with Crippen LogP contribution < -0.4 is 21.7 Å². The molecule has 0 spiro atoms. The molecule has 0 saturated carbocycles. The van der Waals surface area contributed by atoms with Crippen LogP contribution in [0.15, 0.2) is 48.8 Å². The lowest BCUT2D eigenvalue weighted by molar-refractivity contribution is -0.356. The Morgan fingerprint density at radius 2 is 1.47 bits per heavy atom. The van der Waals surface area contributed by atoms with Crippen LogP contribution in [0, 0.1) is 6.92 Å². The maximum absolute atomic E-state index is 13.4. The number of aliphatic hydroxyl groups excluding tert-OH is 4. The van der Waals surface area contributed by atoms with Crippen molar-refractivity contribution in [2.45, 2.75) is 101 Å². The highest BCUT2D eigenvalue weighted by Gasteiger charge is 2.56. The molecule has 20 nitrogen and oxygen atoms in total. The highest BCUT2D eigenvalue weighted by molar-refractivity contribution is 6.28. The maximum atomic E-state index is 13.4. The molecule has 0 radical (unpaired) electrons. The first kappa shape index (κ1) is 41.6. The number of carboxylic acids is 2. The van der Waals surface area contributed by atoms with Crippen molar-refractivity contribution in [2.75, 3.05) is 7.11 Å². The molecule has 2 aromatic heterocycles. The lowest BCUT2D eigenvalue weighted by Gasteiger charge is -2.50. The molecule has 2 aliphatic rings. The lowest BCUT2D eigenvalue weighted by atomic mass is 9.86. The van der Waals surface area contributed by atoms with E-state index >= 15 is 0 Å². The number of aromatic hydroxyl groups is 1. The number of fused-ring (bicyclic) bond motifs is 2. The maximum Gasteiger partial charge on any atom is 0.348 e. The summed E-state index contributed by atoms with van der Waals surface area (Å²) >= 11 is 0. The highest BCUT2D eigenvalue weighted by atomic mass is 16.7. The fraction of sp³-hybridized carbons (Fsp3) is 0.459. The number of nitrogens with two attached hydrogens (primary N) is 1. The number of aryl methyl sites for hydroxylation is 1. The van der Waals surface area contributed by atoms with Gasteiger partial charge in [0.2, 0.25) is 6.29 Å². The van der Waals surface area contributed by atoms with E-state index in [0.717, 1.165) is 0 Å². The summed E-state index contributed by atoms with van der Waals surface area (Å²) in [6.07, 6.45) is -13.7. The predicted octanol–water partition coefficient (Wildman–Crippen LogP) is -0.396. The molecule has 0 aliphatic carbocycles. The molecule has 57 heavy (non-hydrogen) atoms. The van der Waals surface area contributed by atoms with Gasteiger partial charge in [-0.1, -0.05) is 18.2 Å². The number of benzene rings is 3. The molecule has 0 amide bonds. The Kier molecular flexibility index (Phi) is 11.2. The van der Waals surface area contributed by atoms with Crippen LogP contribution in [0.4, 0.5) is 0 Å². The normalized spacial score (nSPS) is 30.3. The van der Waals surface area contributed by atoms with E-state index in [9.17, 15) is 39.6 Å². The zero-order valence-corrected chi connectivity index (χ0v) is 30.9. The number of hydrogen-bond donors (Lipinski definition) is 9. The molecule has 2 fully saturated rings. The van der Waals surface area contributed by atoms with Gasteiger partial charge in [-0.15, -0.1) is 0 Å². The average molecular weight is 804 g/mol. The Hall–Kier alpha value is -5.00. The van der Waals surface area contributed by atoms with Gasteiger partial charge in [0.25, 0.3) is 0 Å². The molecule has 10 N–H and O–H groups in total. The molecule has 308 valence electrons. The van der Waals surface area contributed by atoms with E-state index in [2.05, 4.69) is 0 Å². The number of phenols is 1. The topological polar surface area (TPSA) is 329 Å². The molecule has 12 atom stereocenters. The number of hydrogen-bond acceptors (Lipinski definition) is 18. The molecule has 3 aromatic carbocycles. The first-order valence-corrected chi connectivity index (χ1v) is 17.4. The molecule has 2 aliphatic heterocycles. The second-order valence-corrected chi connectivity index (χ2v) is 14.1. The zero-order chi connectivity index (χ0) is 42.0. The Labute approximate surface area is 320 Å². The minimum absolute atomic E-state index is 0.0328. The van der Waals surface area contributed by atoms with E-state index in [-0.39, 0.29) is 43.8 Å². The number of methoxy groups -OCH3 is 1. The van der Waals surface area contributed by atoms with Gasteiger partial charge in [0.05, 0.1) is 29.0 Å². The third-order valence-electron chi connectivity index (χ3n) is 10.3. The number of carbonyl (C=O) groups is 2. The molecular formula is C37H41NO19. The van der Waals surface area contributed by atoms with E-state index in [1.165, 1.54) is 33.1 Å². The van der Waals surface area contributed by atoms with Gasteiger partial charge in [0.1, 0.15) is 46.4 Å². The van der Waals surface area contributed by atoms with Gasteiger partial charge in [-0.2, -0.15) is 0 Å². The molecule has 7 rings (SSSR count). The van der Waals surface area contributed by atoms with Crippen molar-refractivity contribution in [2.24, 2.45) is 5.73 Å². The summed E-state index contributed by atoms with van der Waals surface area (Å²) in [7, 11) is 1.39. The van der Waals surface area contributed by atoms with Crippen molar-refractivity contribution in [3.8, 4) is 11.5 Å². The predicted molar refractivity (Wildman–Crippen MR) is 194 cm³/mol. The fourth-order valence-corrected chi connectivity index (χ4v) is 7.23. The van der Waals surface area contributed by atoms with Gasteiger partial charge in [-0.3, -0.25) is 0 Å². The van der Waals surface area contributed by atoms with Gasteiger partial charge < -0.3 is 79.1 Å². The van der Waals surface area contributed by atoms with Crippen molar-refractivity contribution in [1.82, 2.24) is 0 Å². The highest BCUT2D eigenvalue weighted by Crippen LogP contribution is 2.46. The summed E-state index contributed by atoms with van der Waals surface area (Å²) in [5.41, 5.74) is 3.52. The van der Waals surface area contributed by atoms with Crippen LogP contribution in [0.2, 0.25) is 0 Å². The summed E-state index contributed by atoms with van der Waals surface area (Å²) in [5.74, 6) is -3.92. The number of ether oxygens (including phenoxy) is 5. The van der Waals surface area contributed by atoms with Crippen LogP contribution in [-0.2, 0) is 28.5 Å². The van der Waals surface area contributed by atoms with Gasteiger partial charge in [-0.25, -0.2) is 19.2 Å². The molecule has 5 aromatic rings. The summed E-state index contributed by atoms with van der Waals surface area (Å²) in [6.45, 7) is 6.21. The Bertz CT molecular complexity index is 2420. The Morgan fingerprint density at radius 3 is 2.09 bits per heavy atom. The third kappa shape index (κ3) is 7.03. The standard InChI is InChI=1S/C33H35NO13.C4H6O6/c1-11-9-10-16-19-17(11)29(38)46-25-18-14(24(36)21(20(19)25)30(39)44-16)7-6-8-15(18)45-32-28(33(4,40)27(37)13(3)43-32)47-31-22(34)26(41-5)23(35)12(2)42-31;5-1(3(7)8)2(6)4(9)10/h6-10,12-13,22-23,26-28,31-32,35-37,40H,34H2,1-5H3;1-2,5-6H,(H,7,8)(H,9,10)/t12-,13-,22-,23+,26-,27+,28+,31-,32+,33+;/m1./s1. The average Bonchev–Trinajstić information content (AvgIpc) is 3.15. The first-order chi connectivity index (χ1) is 26.7. The third-order valence-corrected chi connectivity index (χ3v) is 10.3. The van der Waals surface area contributed by atoms with Crippen molar-refractivity contribution < 1.29 is 83.0 Å². The summed E-state index contributed by atoms with van der Waals surface area (Å²) < 4.78 is 41.2. The van der Waals surface area contributed by atoms with Crippen LogP contribution in [0.3, 0.4) is 0 Å². The van der Waals surface area contributed by atoms with Crippen molar-refractivity contribution in [3.05, 3.63) is 56.7 Å². The Balaban J connectivity index is 0.000000486. The number of aliphatic carboxylic acids is 2.